The summed E-state index contributed by atoms with van der Waals surface area (Å²) in [5.41, 5.74) is 6.77. The van der Waals surface area contributed by atoms with Crippen LogP contribution in [0.1, 0.15) is 217 Å². The predicted octanol–water partition coefficient (Wildman–Crippen LogP) is 13.0. The second-order valence-corrected chi connectivity index (χ2v) is 19.8. The number of fused-ring (bicyclic) bond motifs is 3. The molecule has 0 saturated heterocycles. The van der Waals surface area contributed by atoms with Crippen LogP contribution in [0.15, 0.2) is 57.0 Å². The second kappa shape index (κ2) is 24.3. The van der Waals surface area contributed by atoms with Crippen LogP contribution in [-0.4, -0.2) is 46.7 Å². The Morgan fingerprint density at radius 3 is 1.27 bits per heavy atom. The molecule has 362 valence electrons. The molecular weight excluding hydrogens is 845 g/mol. The van der Waals surface area contributed by atoms with E-state index in [1.807, 2.05) is 12.1 Å². The van der Waals surface area contributed by atoms with Crippen molar-refractivity contribution in [2.24, 2.45) is 44.3 Å². The van der Waals surface area contributed by atoms with Crippen LogP contribution in [0.2, 0.25) is 0 Å². The van der Waals surface area contributed by atoms with Crippen LogP contribution in [0.3, 0.4) is 0 Å². The van der Waals surface area contributed by atoms with Crippen molar-refractivity contribution in [2.45, 2.75) is 200 Å². The Bertz CT molecular complexity index is 2180. The maximum absolute atomic E-state index is 13.5. The van der Waals surface area contributed by atoms with Gasteiger partial charge in [0, 0.05) is 16.5 Å². The zero-order valence-electron chi connectivity index (χ0n) is 40.7. The number of benzene rings is 2. The first-order valence-electron chi connectivity index (χ1n) is 26.1. The lowest BCUT2D eigenvalue weighted by Gasteiger charge is -2.30. The molecule has 0 radical (unpaired) electrons. The van der Waals surface area contributed by atoms with Crippen LogP contribution in [0.25, 0.3) is 11.1 Å². The smallest absolute Gasteiger partial charge is 0.318 e. The fraction of sp³-hybridized carbons (Fsp3) is 0.636. The van der Waals surface area contributed by atoms with Crippen molar-refractivity contribution in [3.05, 3.63) is 58.7 Å². The summed E-state index contributed by atoms with van der Waals surface area (Å²) >= 11 is 0. The molecule has 12 nitrogen and oxygen atoms in total. The molecule has 0 unspecified atom stereocenters. The Morgan fingerprint density at radius 1 is 0.493 bits per heavy atom. The van der Waals surface area contributed by atoms with E-state index in [9.17, 15) is 19.2 Å². The molecule has 2 aromatic rings. The SMILES string of the molecule is CCCCCC(=N\OC(=O)C1CCCCC1)/C(=N\OC(=O)C1CCCCC1)c1ccc2c(c1)C(CC)(CC)c1cc(C(=N/OC(=O)C3CCCCC3)/C(C)=N/OC(=O)C3CCCCC3)ccc1-2. The minimum atomic E-state index is -0.462. The second-order valence-electron chi connectivity index (χ2n) is 19.8. The largest absolute Gasteiger partial charge is 0.338 e. The Morgan fingerprint density at radius 2 is 0.866 bits per heavy atom. The normalized spacial score (nSPS) is 20.2. The number of hydrogen-bond donors (Lipinski definition) is 0. The lowest BCUT2D eigenvalue weighted by molar-refractivity contribution is -0.150. The molecule has 67 heavy (non-hydrogen) atoms. The molecule has 0 bridgehead atoms. The highest BCUT2D eigenvalue weighted by Crippen LogP contribution is 2.53. The third-order valence-electron chi connectivity index (χ3n) is 15.5. The highest BCUT2D eigenvalue weighted by Gasteiger charge is 2.42. The van der Waals surface area contributed by atoms with Crippen LogP contribution in [0.5, 0.6) is 0 Å². The average Bonchev–Trinajstić information content (AvgIpc) is 3.66. The van der Waals surface area contributed by atoms with E-state index < -0.39 is 5.41 Å². The zero-order chi connectivity index (χ0) is 47.2. The van der Waals surface area contributed by atoms with E-state index in [0.717, 1.165) is 188 Å². The summed E-state index contributed by atoms with van der Waals surface area (Å²) in [5, 5.41) is 18.0. The number of oxime groups is 4. The lowest BCUT2D eigenvalue weighted by atomic mass is 9.73. The van der Waals surface area contributed by atoms with E-state index >= 15 is 0 Å². The molecule has 0 aromatic heterocycles. The van der Waals surface area contributed by atoms with E-state index in [2.05, 4.69) is 65.7 Å². The Kier molecular flexibility index (Phi) is 18.1. The van der Waals surface area contributed by atoms with Gasteiger partial charge in [-0.25, -0.2) is 19.2 Å². The molecule has 0 heterocycles. The molecule has 5 aliphatic rings. The maximum Gasteiger partial charge on any atom is 0.338 e. The Balaban J connectivity index is 1.26. The Labute approximate surface area is 398 Å². The fourth-order valence-electron chi connectivity index (χ4n) is 11.2. The zero-order valence-corrected chi connectivity index (χ0v) is 40.7. The van der Waals surface area contributed by atoms with Crippen molar-refractivity contribution in [2.75, 3.05) is 0 Å². The molecule has 0 amide bonds. The summed E-state index contributed by atoms with van der Waals surface area (Å²) < 4.78 is 0. The monoisotopic (exact) mass is 919 g/mol. The molecular formula is C55H74N4O8. The molecule has 2 aromatic carbocycles. The van der Waals surface area contributed by atoms with Gasteiger partial charge in [0.2, 0.25) is 0 Å². The summed E-state index contributed by atoms with van der Waals surface area (Å²) in [4.78, 5) is 76.3. The van der Waals surface area contributed by atoms with Crippen LogP contribution in [0.4, 0.5) is 0 Å². The number of rotatable bonds is 18. The van der Waals surface area contributed by atoms with E-state index in [1.165, 1.54) is 0 Å². The predicted molar refractivity (Wildman–Crippen MR) is 262 cm³/mol. The first-order chi connectivity index (χ1) is 32.7. The molecule has 0 spiro atoms. The minimum Gasteiger partial charge on any atom is -0.318 e. The van der Waals surface area contributed by atoms with E-state index in [0.29, 0.717) is 34.8 Å². The van der Waals surface area contributed by atoms with E-state index in [4.69, 9.17) is 19.4 Å². The van der Waals surface area contributed by atoms with Crippen molar-refractivity contribution in [3.8, 4) is 11.1 Å². The molecule has 0 N–H and O–H groups in total. The van der Waals surface area contributed by atoms with Crippen molar-refractivity contribution in [3.63, 3.8) is 0 Å². The van der Waals surface area contributed by atoms with Gasteiger partial charge in [0.25, 0.3) is 0 Å². The number of hydrogen-bond acceptors (Lipinski definition) is 12. The number of unbranched alkanes of at least 4 members (excludes halogenated alkanes) is 2. The van der Waals surface area contributed by atoms with Gasteiger partial charge < -0.3 is 19.4 Å². The first kappa shape index (κ1) is 49.9. The van der Waals surface area contributed by atoms with Crippen molar-refractivity contribution < 1.29 is 38.5 Å². The molecule has 4 fully saturated rings. The van der Waals surface area contributed by atoms with E-state index in [-0.39, 0.29) is 47.5 Å². The summed E-state index contributed by atoms with van der Waals surface area (Å²) in [5.74, 6) is -2.14. The third-order valence-corrected chi connectivity index (χ3v) is 15.5. The highest BCUT2D eigenvalue weighted by molar-refractivity contribution is 6.48. The number of carbonyl (C=O) groups excluding carboxylic acids is 4. The van der Waals surface area contributed by atoms with Crippen LogP contribution < -0.4 is 0 Å². The highest BCUT2D eigenvalue weighted by atomic mass is 16.7. The molecule has 5 aliphatic carbocycles. The van der Waals surface area contributed by atoms with Crippen LogP contribution in [-0.2, 0) is 43.9 Å². The quantitative estimate of drug-likeness (QED) is 0.0619. The summed E-state index contributed by atoms with van der Waals surface area (Å²) in [6.45, 7) is 8.24. The van der Waals surface area contributed by atoms with Gasteiger partial charge in [-0.05, 0) is 118 Å². The third kappa shape index (κ3) is 12.2. The van der Waals surface area contributed by atoms with Gasteiger partial charge in [-0.15, -0.1) is 0 Å². The van der Waals surface area contributed by atoms with Crippen molar-refractivity contribution in [1.29, 1.82) is 0 Å². The molecule has 12 heteroatoms. The van der Waals surface area contributed by atoms with Crippen molar-refractivity contribution >= 4 is 46.7 Å². The summed E-state index contributed by atoms with van der Waals surface area (Å²) in [6, 6.07) is 12.4. The van der Waals surface area contributed by atoms with Gasteiger partial charge in [0.15, 0.2) is 0 Å². The Hall–Kier alpha value is -5.00. The molecule has 4 saturated carbocycles. The van der Waals surface area contributed by atoms with Crippen molar-refractivity contribution in [1.82, 2.24) is 0 Å². The number of nitrogens with zero attached hydrogens (tertiary/aromatic N) is 4. The van der Waals surface area contributed by atoms with Crippen LogP contribution >= 0.6 is 0 Å². The van der Waals surface area contributed by atoms with E-state index in [1.54, 1.807) is 6.92 Å². The molecule has 7 rings (SSSR count). The maximum atomic E-state index is 13.5. The average molecular weight is 919 g/mol. The minimum absolute atomic E-state index is 0.182. The fourth-order valence-corrected chi connectivity index (χ4v) is 11.2. The molecule has 0 atom stereocenters. The standard InChI is InChI=1S/C55H74N4O8/c1-5-8-13-30-48(57-65-52(61)39-24-16-10-17-25-39)50(59-67-54(63)41-28-20-12-21-29-41)43-32-34-45-44-33-31-42(35-46(44)55(6-2,7-3)47(45)36-43)49(58-66-53(62)40-26-18-11-19-27-40)37(4)56-64-51(60)38-22-14-9-15-23-38/h31-36,38-41H,5-30H2,1-4H3/b56-37+,57-48+,58-49+,59-50-. The van der Waals surface area contributed by atoms with Gasteiger partial charge in [-0.2, -0.15) is 0 Å². The van der Waals surface area contributed by atoms with Gasteiger partial charge in [0.05, 0.1) is 23.7 Å². The summed E-state index contributed by atoms with van der Waals surface area (Å²) in [7, 11) is 0. The van der Waals surface area contributed by atoms with Gasteiger partial charge >= 0.3 is 23.9 Å². The van der Waals surface area contributed by atoms with Gasteiger partial charge in [-0.3, -0.25) is 0 Å². The number of carbonyl (C=O) groups is 4. The topological polar surface area (TPSA) is 155 Å². The first-order valence-corrected chi connectivity index (χ1v) is 26.1. The van der Waals surface area contributed by atoms with Crippen LogP contribution in [0, 0.1) is 23.7 Å². The van der Waals surface area contributed by atoms with Gasteiger partial charge in [0.1, 0.15) is 22.8 Å². The summed E-state index contributed by atoms with van der Waals surface area (Å²) in [6.07, 6.45) is 23.4. The lowest BCUT2D eigenvalue weighted by Crippen LogP contribution is -2.26. The molecule has 0 aliphatic heterocycles. The van der Waals surface area contributed by atoms with Gasteiger partial charge in [-0.1, -0.05) is 156 Å².